The van der Waals surface area contributed by atoms with E-state index in [1.165, 1.54) is 0 Å². The highest BCUT2D eigenvalue weighted by Crippen LogP contribution is 2.21. The van der Waals surface area contributed by atoms with E-state index in [4.69, 9.17) is 4.74 Å². The van der Waals surface area contributed by atoms with Gasteiger partial charge in [-0.25, -0.2) is 0 Å². The van der Waals surface area contributed by atoms with Gasteiger partial charge in [-0.2, -0.15) is 0 Å². The summed E-state index contributed by atoms with van der Waals surface area (Å²) in [6.45, 7) is 3.57. The zero-order valence-corrected chi connectivity index (χ0v) is 8.86. The molecule has 0 fully saturated rings. The average molecular weight is 192 g/mol. The van der Waals surface area contributed by atoms with Gasteiger partial charge in [-0.3, -0.25) is 4.79 Å². The Hall–Kier alpha value is -1.15. The van der Waals surface area contributed by atoms with Crippen LogP contribution in [-0.4, -0.2) is 19.0 Å². The third kappa shape index (κ3) is 2.42. The molecule has 0 amide bonds. The quantitative estimate of drug-likeness (QED) is 0.732. The van der Waals surface area contributed by atoms with Gasteiger partial charge >= 0.3 is 0 Å². The minimum atomic E-state index is -0.336. The van der Waals surface area contributed by atoms with Crippen LogP contribution in [0.5, 0.6) is 0 Å². The van der Waals surface area contributed by atoms with E-state index in [1.807, 2.05) is 37.3 Å². The van der Waals surface area contributed by atoms with Gasteiger partial charge in [0, 0.05) is 13.0 Å². The highest BCUT2D eigenvalue weighted by Gasteiger charge is 2.22. The Bertz CT molecular complexity index is 292. The summed E-state index contributed by atoms with van der Waals surface area (Å²) in [5.74, 6) is 0.183. The number of methoxy groups -OCH3 is 1. The summed E-state index contributed by atoms with van der Waals surface area (Å²) >= 11 is 0. The standard InChI is InChI=1S/C12H16O2/c1-9(12(14-3)10(2)13)11-7-5-4-6-8-11/h4-9,12H,1-3H3. The number of carbonyl (C=O) groups is 1. The predicted octanol–water partition coefficient (Wildman–Crippen LogP) is 2.39. The SMILES string of the molecule is COC(C(C)=O)C(C)c1ccccc1. The highest BCUT2D eigenvalue weighted by molar-refractivity contribution is 5.81. The largest absolute Gasteiger partial charge is 0.373 e. The van der Waals surface area contributed by atoms with Crippen LogP contribution in [0.1, 0.15) is 25.3 Å². The second-order valence-electron chi connectivity index (χ2n) is 3.47. The zero-order valence-electron chi connectivity index (χ0n) is 8.86. The molecule has 0 N–H and O–H groups in total. The Balaban J connectivity index is 2.83. The van der Waals surface area contributed by atoms with Gasteiger partial charge < -0.3 is 4.74 Å². The molecule has 14 heavy (non-hydrogen) atoms. The number of rotatable bonds is 4. The molecule has 1 rings (SSSR count). The lowest BCUT2D eigenvalue weighted by molar-refractivity contribution is -0.127. The summed E-state index contributed by atoms with van der Waals surface area (Å²) in [7, 11) is 1.57. The van der Waals surface area contributed by atoms with Crippen LogP contribution in [0.4, 0.5) is 0 Å². The first-order chi connectivity index (χ1) is 6.66. The third-order valence-corrected chi connectivity index (χ3v) is 2.43. The number of ketones is 1. The van der Waals surface area contributed by atoms with Crippen LogP contribution in [0, 0.1) is 0 Å². The fraction of sp³-hybridized carbons (Fsp3) is 0.417. The smallest absolute Gasteiger partial charge is 0.159 e. The Morgan fingerprint density at radius 1 is 1.29 bits per heavy atom. The Morgan fingerprint density at radius 2 is 1.86 bits per heavy atom. The summed E-state index contributed by atoms with van der Waals surface area (Å²) in [5.41, 5.74) is 1.13. The van der Waals surface area contributed by atoms with Crippen molar-refractivity contribution >= 4 is 5.78 Å². The van der Waals surface area contributed by atoms with Gasteiger partial charge in [-0.15, -0.1) is 0 Å². The lowest BCUT2D eigenvalue weighted by Crippen LogP contribution is -2.26. The van der Waals surface area contributed by atoms with Crippen molar-refractivity contribution in [3.05, 3.63) is 35.9 Å². The Kier molecular flexibility index (Phi) is 3.84. The summed E-state index contributed by atoms with van der Waals surface area (Å²) < 4.78 is 5.18. The maximum Gasteiger partial charge on any atom is 0.159 e. The molecule has 2 nitrogen and oxygen atoms in total. The van der Waals surface area contributed by atoms with Crippen LogP contribution in [0.25, 0.3) is 0 Å². The summed E-state index contributed by atoms with van der Waals surface area (Å²) in [6.07, 6.45) is -0.336. The summed E-state index contributed by atoms with van der Waals surface area (Å²) in [5, 5.41) is 0. The van der Waals surface area contributed by atoms with Crippen LogP contribution >= 0.6 is 0 Å². The second-order valence-corrected chi connectivity index (χ2v) is 3.47. The molecule has 0 radical (unpaired) electrons. The van der Waals surface area contributed by atoms with Crippen LogP contribution < -0.4 is 0 Å². The number of hydrogen-bond donors (Lipinski definition) is 0. The molecule has 0 aliphatic heterocycles. The normalized spacial score (nSPS) is 14.8. The monoisotopic (exact) mass is 192 g/mol. The van der Waals surface area contributed by atoms with Crippen LogP contribution in [0.3, 0.4) is 0 Å². The van der Waals surface area contributed by atoms with Gasteiger partial charge in [0.2, 0.25) is 0 Å². The van der Waals surface area contributed by atoms with E-state index in [0.29, 0.717) is 0 Å². The molecule has 0 heterocycles. The Morgan fingerprint density at radius 3 is 2.29 bits per heavy atom. The third-order valence-electron chi connectivity index (χ3n) is 2.43. The van der Waals surface area contributed by atoms with Crippen LogP contribution in [0.15, 0.2) is 30.3 Å². The topological polar surface area (TPSA) is 26.3 Å². The van der Waals surface area contributed by atoms with Crippen molar-refractivity contribution < 1.29 is 9.53 Å². The number of Topliss-reactive ketones (excluding diaryl/α,β-unsaturated/α-hetero) is 1. The average Bonchev–Trinajstić information content (AvgIpc) is 2.19. The van der Waals surface area contributed by atoms with Gasteiger partial charge in [0.15, 0.2) is 5.78 Å². The molecule has 2 unspecified atom stereocenters. The molecular formula is C12H16O2. The van der Waals surface area contributed by atoms with E-state index >= 15 is 0 Å². The van der Waals surface area contributed by atoms with Crippen molar-refractivity contribution in [3.8, 4) is 0 Å². The van der Waals surface area contributed by atoms with E-state index in [9.17, 15) is 4.79 Å². The summed E-state index contributed by atoms with van der Waals surface area (Å²) in [6, 6.07) is 9.93. The highest BCUT2D eigenvalue weighted by atomic mass is 16.5. The first-order valence-corrected chi connectivity index (χ1v) is 4.75. The summed E-state index contributed by atoms with van der Waals surface area (Å²) in [4.78, 5) is 11.3. The van der Waals surface area contributed by atoms with Crippen molar-refractivity contribution in [2.24, 2.45) is 0 Å². The second kappa shape index (κ2) is 4.91. The number of hydrogen-bond acceptors (Lipinski definition) is 2. The minimum Gasteiger partial charge on any atom is -0.373 e. The molecule has 0 saturated carbocycles. The van der Waals surface area contributed by atoms with Crippen LogP contribution in [-0.2, 0) is 9.53 Å². The molecule has 0 saturated heterocycles. The molecule has 1 aromatic carbocycles. The predicted molar refractivity (Wildman–Crippen MR) is 56.3 cm³/mol. The molecule has 0 spiro atoms. The van der Waals surface area contributed by atoms with E-state index in [0.717, 1.165) is 5.56 Å². The molecule has 0 aromatic heterocycles. The molecule has 0 aliphatic rings. The van der Waals surface area contributed by atoms with Gasteiger partial charge in [0.05, 0.1) is 0 Å². The van der Waals surface area contributed by atoms with Gasteiger partial charge in [-0.1, -0.05) is 37.3 Å². The molecular weight excluding hydrogens is 176 g/mol. The van der Waals surface area contributed by atoms with Crippen molar-refractivity contribution in [1.29, 1.82) is 0 Å². The van der Waals surface area contributed by atoms with E-state index in [1.54, 1.807) is 14.0 Å². The van der Waals surface area contributed by atoms with E-state index < -0.39 is 0 Å². The van der Waals surface area contributed by atoms with Gasteiger partial charge in [0.1, 0.15) is 6.10 Å². The zero-order chi connectivity index (χ0) is 10.6. The number of ether oxygens (including phenoxy) is 1. The number of benzene rings is 1. The maximum atomic E-state index is 11.3. The van der Waals surface area contributed by atoms with E-state index in [-0.39, 0.29) is 17.8 Å². The van der Waals surface area contributed by atoms with Crippen molar-refractivity contribution in [2.45, 2.75) is 25.9 Å². The number of carbonyl (C=O) groups excluding carboxylic acids is 1. The lowest BCUT2D eigenvalue weighted by Gasteiger charge is -2.20. The van der Waals surface area contributed by atoms with Crippen molar-refractivity contribution in [1.82, 2.24) is 0 Å². The molecule has 0 bridgehead atoms. The van der Waals surface area contributed by atoms with Crippen LogP contribution in [0.2, 0.25) is 0 Å². The molecule has 2 atom stereocenters. The lowest BCUT2D eigenvalue weighted by atomic mass is 9.93. The molecule has 76 valence electrons. The van der Waals surface area contributed by atoms with Crippen molar-refractivity contribution in [3.63, 3.8) is 0 Å². The minimum absolute atomic E-state index is 0.0730. The first-order valence-electron chi connectivity index (χ1n) is 4.75. The maximum absolute atomic E-state index is 11.3. The molecule has 0 aliphatic carbocycles. The fourth-order valence-electron chi connectivity index (χ4n) is 1.65. The van der Waals surface area contributed by atoms with Gasteiger partial charge in [0.25, 0.3) is 0 Å². The van der Waals surface area contributed by atoms with Crippen molar-refractivity contribution in [2.75, 3.05) is 7.11 Å². The fourth-order valence-corrected chi connectivity index (χ4v) is 1.65. The Labute approximate surface area is 84.9 Å². The van der Waals surface area contributed by atoms with E-state index in [2.05, 4.69) is 0 Å². The van der Waals surface area contributed by atoms with Gasteiger partial charge in [-0.05, 0) is 12.5 Å². The molecule has 1 aromatic rings. The molecule has 2 heteroatoms. The first kappa shape index (κ1) is 10.9.